The zero-order chi connectivity index (χ0) is 13.2. The smallest absolute Gasteiger partial charge is 0.0876 e. The molecule has 1 N–H and O–H groups in total. The van der Waals surface area contributed by atoms with Crippen molar-refractivity contribution in [1.82, 2.24) is 14.9 Å². The molecule has 0 amide bonds. The van der Waals surface area contributed by atoms with Crippen molar-refractivity contribution >= 4 is 11.5 Å². The molecule has 2 rings (SSSR count). The molecular weight excluding hydrogens is 246 g/mol. The standard InChI is InChI=1S/C13H21N3OS/c1-13(2,3)12-11(18-16-15-12)10(14-4)9-6-5-7-17-8-9/h8,10,14H,5-7H2,1-4H3. The number of aromatic nitrogens is 2. The van der Waals surface area contributed by atoms with Crippen LogP contribution in [0.3, 0.4) is 0 Å². The van der Waals surface area contributed by atoms with E-state index in [0.717, 1.165) is 25.1 Å². The first-order valence-electron chi connectivity index (χ1n) is 6.34. The molecule has 0 aromatic carbocycles. The molecule has 1 aliphatic rings. The van der Waals surface area contributed by atoms with Gasteiger partial charge in [-0.25, -0.2) is 0 Å². The molecular formula is C13H21N3OS. The lowest BCUT2D eigenvalue weighted by Crippen LogP contribution is -2.24. The van der Waals surface area contributed by atoms with Crippen molar-refractivity contribution in [3.05, 3.63) is 22.4 Å². The molecule has 0 aliphatic carbocycles. The van der Waals surface area contributed by atoms with E-state index in [2.05, 4.69) is 35.7 Å². The van der Waals surface area contributed by atoms with E-state index in [1.165, 1.54) is 22.0 Å². The van der Waals surface area contributed by atoms with Crippen molar-refractivity contribution in [1.29, 1.82) is 0 Å². The average Bonchev–Trinajstić information content (AvgIpc) is 2.80. The minimum atomic E-state index is 0.0213. The lowest BCUT2D eigenvalue weighted by Gasteiger charge is -2.25. The summed E-state index contributed by atoms with van der Waals surface area (Å²) in [5, 5.41) is 7.68. The third kappa shape index (κ3) is 2.72. The van der Waals surface area contributed by atoms with Crippen LogP contribution in [0.15, 0.2) is 11.8 Å². The molecule has 1 aromatic rings. The molecule has 18 heavy (non-hydrogen) atoms. The first-order valence-corrected chi connectivity index (χ1v) is 7.12. The fourth-order valence-corrected chi connectivity index (χ4v) is 3.21. The Bertz CT molecular complexity index is 434. The minimum absolute atomic E-state index is 0.0213. The molecule has 0 spiro atoms. The van der Waals surface area contributed by atoms with E-state index in [1.54, 1.807) is 0 Å². The SMILES string of the molecule is CNC(C1=COCCC1)c1snnc1C(C)(C)C. The third-order valence-electron chi connectivity index (χ3n) is 3.11. The van der Waals surface area contributed by atoms with E-state index in [0.29, 0.717) is 0 Å². The van der Waals surface area contributed by atoms with Gasteiger partial charge in [0.15, 0.2) is 0 Å². The Morgan fingerprint density at radius 1 is 1.44 bits per heavy atom. The highest BCUT2D eigenvalue weighted by molar-refractivity contribution is 7.05. The zero-order valence-corrected chi connectivity index (χ0v) is 12.3. The van der Waals surface area contributed by atoms with Crippen molar-refractivity contribution in [3.63, 3.8) is 0 Å². The van der Waals surface area contributed by atoms with Crippen LogP contribution in [-0.4, -0.2) is 23.2 Å². The number of ether oxygens (including phenoxy) is 1. The molecule has 1 aromatic heterocycles. The van der Waals surface area contributed by atoms with Crippen molar-refractivity contribution in [2.24, 2.45) is 0 Å². The lowest BCUT2D eigenvalue weighted by atomic mass is 9.88. The zero-order valence-electron chi connectivity index (χ0n) is 11.5. The van der Waals surface area contributed by atoms with Crippen LogP contribution < -0.4 is 5.32 Å². The average molecular weight is 267 g/mol. The van der Waals surface area contributed by atoms with Crippen molar-refractivity contribution in [2.75, 3.05) is 13.7 Å². The highest BCUT2D eigenvalue weighted by atomic mass is 32.1. The van der Waals surface area contributed by atoms with Gasteiger partial charge in [0.1, 0.15) is 0 Å². The van der Waals surface area contributed by atoms with Gasteiger partial charge in [-0.05, 0) is 37.0 Å². The van der Waals surface area contributed by atoms with E-state index in [4.69, 9.17) is 4.74 Å². The summed E-state index contributed by atoms with van der Waals surface area (Å²) < 4.78 is 9.59. The summed E-state index contributed by atoms with van der Waals surface area (Å²) in [6.07, 6.45) is 4.06. The van der Waals surface area contributed by atoms with Crippen LogP contribution in [0.25, 0.3) is 0 Å². The second-order valence-corrected chi connectivity index (χ2v) is 6.41. The first kappa shape index (κ1) is 13.5. The van der Waals surface area contributed by atoms with E-state index in [1.807, 2.05) is 13.3 Å². The predicted molar refractivity (Wildman–Crippen MR) is 73.7 cm³/mol. The van der Waals surface area contributed by atoms with Crippen LogP contribution >= 0.6 is 11.5 Å². The summed E-state index contributed by atoms with van der Waals surface area (Å²) >= 11 is 1.48. The van der Waals surface area contributed by atoms with Gasteiger partial charge in [-0.1, -0.05) is 25.3 Å². The Labute approximate surface area is 113 Å². The quantitative estimate of drug-likeness (QED) is 0.915. The highest BCUT2D eigenvalue weighted by Crippen LogP contribution is 2.35. The number of hydrogen-bond donors (Lipinski definition) is 1. The van der Waals surface area contributed by atoms with Gasteiger partial charge in [0.25, 0.3) is 0 Å². The molecule has 0 saturated heterocycles. The Morgan fingerprint density at radius 3 is 2.78 bits per heavy atom. The van der Waals surface area contributed by atoms with Gasteiger partial charge >= 0.3 is 0 Å². The van der Waals surface area contributed by atoms with Crippen molar-refractivity contribution in [2.45, 2.75) is 45.1 Å². The summed E-state index contributed by atoms with van der Waals surface area (Å²) in [4.78, 5) is 1.21. The van der Waals surface area contributed by atoms with Gasteiger partial charge < -0.3 is 10.1 Å². The lowest BCUT2D eigenvalue weighted by molar-refractivity contribution is 0.220. The van der Waals surface area contributed by atoms with Gasteiger partial charge in [-0.2, -0.15) is 0 Å². The number of nitrogens with zero attached hydrogens (tertiary/aromatic N) is 2. The van der Waals surface area contributed by atoms with Gasteiger partial charge in [-0.15, -0.1) is 5.10 Å². The Balaban J connectivity index is 2.33. The maximum atomic E-state index is 5.45. The maximum absolute atomic E-state index is 5.45. The number of hydrogen-bond acceptors (Lipinski definition) is 5. The second-order valence-electron chi connectivity index (χ2n) is 5.62. The summed E-state index contributed by atoms with van der Waals surface area (Å²) in [7, 11) is 1.98. The Hall–Kier alpha value is -0.940. The van der Waals surface area contributed by atoms with Crippen LogP contribution in [0, 0.1) is 0 Å². The molecule has 0 saturated carbocycles. The van der Waals surface area contributed by atoms with Crippen LogP contribution in [0.2, 0.25) is 0 Å². The fraction of sp³-hybridized carbons (Fsp3) is 0.692. The van der Waals surface area contributed by atoms with Crippen LogP contribution in [0.1, 0.15) is 50.2 Å². The molecule has 2 heterocycles. The van der Waals surface area contributed by atoms with E-state index < -0.39 is 0 Å². The van der Waals surface area contributed by atoms with E-state index in [-0.39, 0.29) is 11.5 Å². The molecule has 100 valence electrons. The van der Waals surface area contributed by atoms with Crippen LogP contribution in [0.4, 0.5) is 0 Å². The molecule has 1 unspecified atom stereocenters. The van der Waals surface area contributed by atoms with Gasteiger partial charge in [0.2, 0.25) is 0 Å². The Kier molecular flexibility index (Phi) is 4.02. The largest absolute Gasteiger partial charge is 0.501 e. The van der Waals surface area contributed by atoms with E-state index >= 15 is 0 Å². The molecule has 1 aliphatic heterocycles. The van der Waals surface area contributed by atoms with Crippen LogP contribution in [0.5, 0.6) is 0 Å². The Morgan fingerprint density at radius 2 is 2.22 bits per heavy atom. The maximum Gasteiger partial charge on any atom is 0.0876 e. The van der Waals surface area contributed by atoms with Gasteiger partial charge in [0.05, 0.1) is 29.5 Å². The number of rotatable bonds is 3. The summed E-state index contributed by atoms with van der Waals surface area (Å²) in [6.45, 7) is 7.34. The molecule has 1 atom stereocenters. The van der Waals surface area contributed by atoms with Crippen molar-refractivity contribution in [3.8, 4) is 0 Å². The summed E-state index contributed by atoms with van der Waals surface area (Å²) in [6, 6.07) is 0.180. The number of likely N-dealkylation sites (N-methyl/N-ethyl adjacent to an activating group) is 1. The normalized spacial score (nSPS) is 18.1. The van der Waals surface area contributed by atoms with E-state index in [9.17, 15) is 0 Å². The van der Waals surface area contributed by atoms with Crippen molar-refractivity contribution < 1.29 is 4.74 Å². The minimum Gasteiger partial charge on any atom is -0.501 e. The monoisotopic (exact) mass is 267 g/mol. The molecule has 0 fully saturated rings. The topological polar surface area (TPSA) is 47.0 Å². The fourth-order valence-electron chi connectivity index (χ4n) is 2.19. The van der Waals surface area contributed by atoms with Gasteiger partial charge in [-0.3, -0.25) is 0 Å². The molecule has 0 bridgehead atoms. The van der Waals surface area contributed by atoms with Crippen LogP contribution in [-0.2, 0) is 10.2 Å². The molecule has 4 nitrogen and oxygen atoms in total. The second kappa shape index (κ2) is 5.36. The predicted octanol–water partition coefficient (Wildman–Crippen LogP) is 2.79. The highest BCUT2D eigenvalue weighted by Gasteiger charge is 2.29. The first-order chi connectivity index (χ1) is 8.54. The number of nitrogens with one attached hydrogen (secondary N) is 1. The molecule has 0 radical (unpaired) electrons. The third-order valence-corrected chi connectivity index (χ3v) is 3.90. The van der Waals surface area contributed by atoms with Gasteiger partial charge in [0, 0.05) is 5.41 Å². The summed E-state index contributed by atoms with van der Waals surface area (Å²) in [5.41, 5.74) is 2.40. The molecule has 5 heteroatoms. The summed E-state index contributed by atoms with van der Waals surface area (Å²) in [5.74, 6) is 0.